The molecule has 1 aromatic carbocycles. The van der Waals surface area contributed by atoms with Gasteiger partial charge in [-0.1, -0.05) is 22.0 Å². The van der Waals surface area contributed by atoms with Gasteiger partial charge in [0.2, 0.25) is 0 Å². The highest BCUT2D eigenvalue weighted by molar-refractivity contribution is 9.10. The van der Waals surface area contributed by atoms with E-state index in [9.17, 15) is 9.59 Å². The molecule has 6 heteroatoms. The van der Waals surface area contributed by atoms with Gasteiger partial charge in [0.1, 0.15) is 0 Å². The third kappa shape index (κ3) is 3.96. The summed E-state index contributed by atoms with van der Waals surface area (Å²) in [4.78, 5) is 22.8. The fourth-order valence-electron chi connectivity index (χ4n) is 2.09. The number of hydrogen-bond acceptors (Lipinski definition) is 2. The zero-order valence-corrected chi connectivity index (χ0v) is 12.7. The molecule has 3 N–H and O–H groups in total. The van der Waals surface area contributed by atoms with Gasteiger partial charge in [0.05, 0.1) is 6.42 Å². The Morgan fingerprint density at radius 1 is 1.45 bits per heavy atom. The van der Waals surface area contributed by atoms with Crippen molar-refractivity contribution < 1.29 is 14.7 Å². The molecule has 0 saturated heterocycles. The number of carboxylic acid groups (broad SMARTS) is 1. The Balaban J connectivity index is 1.97. The minimum Gasteiger partial charge on any atom is -0.481 e. The Kier molecular flexibility index (Phi) is 4.65. The van der Waals surface area contributed by atoms with Gasteiger partial charge in [0, 0.05) is 16.2 Å². The Labute approximate surface area is 125 Å². The molecule has 2 amide bonds. The van der Waals surface area contributed by atoms with Crippen LogP contribution >= 0.6 is 15.9 Å². The Bertz CT molecular complexity index is 529. The minimum absolute atomic E-state index is 0.0322. The number of rotatable bonds is 5. The first kappa shape index (κ1) is 14.8. The molecule has 5 nitrogen and oxygen atoms in total. The van der Waals surface area contributed by atoms with Crippen molar-refractivity contribution in [3.8, 4) is 0 Å². The molecule has 0 aromatic heterocycles. The van der Waals surface area contributed by atoms with Gasteiger partial charge < -0.3 is 15.7 Å². The summed E-state index contributed by atoms with van der Waals surface area (Å²) in [7, 11) is 0. The molecule has 108 valence electrons. The van der Waals surface area contributed by atoms with Crippen molar-refractivity contribution in [2.75, 3.05) is 5.32 Å². The van der Waals surface area contributed by atoms with Crippen LogP contribution < -0.4 is 10.6 Å². The van der Waals surface area contributed by atoms with E-state index in [4.69, 9.17) is 5.11 Å². The Hall–Kier alpha value is -1.56. The van der Waals surface area contributed by atoms with Crippen LogP contribution in [0.1, 0.15) is 24.8 Å². The zero-order valence-electron chi connectivity index (χ0n) is 11.1. The predicted octanol–water partition coefficient (Wildman–Crippen LogP) is 3.13. The lowest BCUT2D eigenvalue weighted by Crippen LogP contribution is -2.40. The lowest BCUT2D eigenvalue weighted by Gasteiger charge is -2.17. The third-order valence-corrected chi connectivity index (χ3v) is 4.28. The van der Waals surface area contributed by atoms with Gasteiger partial charge in [-0.3, -0.25) is 4.79 Å². The summed E-state index contributed by atoms with van der Waals surface area (Å²) in [5.41, 5.74) is 1.64. The van der Waals surface area contributed by atoms with Crippen molar-refractivity contribution in [2.45, 2.75) is 32.2 Å². The molecule has 0 aliphatic heterocycles. The number of carboxylic acids is 1. The van der Waals surface area contributed by atoms with E-state index in [0.29, 0.717) is 11.6 Å². The lowest BCUT2D eigenvalue weighted by molar-refractivity contribution is -0.137. The fraction of sp³-hybridized carbons (Fsp3) is 0.429. The molecule has 1 saturated carbocycles. The quantitative estimate of drug-likeness (QED) is 0.770. The van der Waals surface area contributed by atoms with Crippen molar-refractivity contribution in [1.29, 1.82) is 0 Å². The second kappa shape index (κ2) is 6.26. The molecule has 1 atom stereocenters. The smallest absolute Gasteiger partial charge is 0.319 e. The molecular weight excluding hydrogens is 324 g/mol. The number of halogens is 1. The molecular formula is C14H17BrN2O3. The van der Waals surface area contributed by atoms with Crippen molar-refractivity contribution in [1.82, 2.24) is 5.32 Å². The second-order valence-corrected chi connectivity index (χ2v) is 5.91. The third-order valence-electron chi connectivity index (χ3n) is 3.42. The molecule has 1 unspecified atom stereocenters. The largest absolute Gasteiger partial charge is 0.481 e. The summed E-state index contributed by atoms with van der Waals surface area (Å²) < 4.78 is 0.916. The fourth-order valence-corrected chi connectivity index (χ4v) is 2.46. The van der Waals surface area contributed by atoms with Crippen molar-refractivity contribution in [3.63, 3.8) is 0 Å². The van der Waals surface area contributed by atoms with Crippen LogP contribution in [0.25, 0.3) is 0 Å². The highest BCUT2D eigenvalue weighted by Crippen LogP contribution is 2.34. The topological polar surface area (TPSA) is 78.4 Å². The SMILES string of the molecule is Cc1c(Br)cccc1NC(=O)NC(CC(=O)O)C1CC1. The van der Waals surface area contributed by atoms with Crippen LogP contribution in [0.15, 0.2) is 22.7 Å². The number of hydrogen-bond donors (Lipinski definition) is 3. The van der Waals surface area contributed by atoms with Crippen LogP contribution in [0.2, 0.25) is 0 Å². The van der Waals surface area contributed by atoms with Crippen LogP contribution in [0.3, 0.4) is 0 Å². The normalized spacial score (nSPS) is 15.5. The van der Waals surface area contributed by atoms with E-state index in [2.05, 4.69) is 26.6 Å². The second-order valence-electron chi connectivity index (χ2n) is 5.05. The van der Waals surface area contributed by atoms with Gasteiger partial charge in [0.25, 0.3) is 0 Å². The summed E-state index contributed by atoms with van der Waals surface area (Å²) >= 11 is 3.40. The monoisotopic (exact) mass is 340 g/mol. The maximum absolute atomic E-state index is 12.0. The van der Waals surface area contributed by atoms with E-state index in [1.807, 2.05) is 25.1 Å². The zero-order chi connectivity index (χ0) is 14.7. The highest BCUT2D eigenvalue weighted by atomic mass is 79.9. The van der Waals surface area contributed by atoms with Gasteiger partial charge >= 0.3 is 12.0 Å². The maximum atomic E-state index is 12.0. The number of carbonyl (C=O) groups excluding carboxylic acids is 1. The molecule has 1 aliphatic rings. The van der Waals surface area contributed by atoms with E-state index in [-0.39, 0.29) is 18.5 Å². The Morgan fingerprint density at radius 3 is 2.75 bits per heavy atom. The maximum Gasteiger partial charge on any atom is 0.319 e. The Morgan fingerprint density at radius 2 is 2.15 bits per heavy atom. The first-order chi connectivity index (χ1) is 9.47. The summed E-state index contributed by atoms with van der Waals surface area (Å²) in [5.74, 6) is -0.596. The van der Waals surface area contributed by atoms with Crippen LogP contribution in [-0.4, -0.2) is 23.1 Å². The number of anilines is 1. The first-order valence-electron chi connectivity index (χ1n) is 6.52. The van der Waals surface area contributed by atoms with Gasteiger partial charge in [-0.2, -0.15) is 0 Å². The number of nitrogens with one attached hydrogen (secondary N) is 2. The molecule has 1 aromatic rings. The minimum atomic E-state index is -0.888. The summed E-state index contributed by atoms with van der Waals surface area (Å²) in [6.07, 6.45) is 1.93. The summed E-state index contributed by atoms with van der Waals surface area (Å²) in [6, 6.07) is 4.89. The predicted molar refractivity (Wildman–Crippen MR) is 79.8 cm³/mol. The number of benzene rings is 1. The van der Waals surface area contributed by atoms with Gasteiger partial charge in [-0.05, 0) is 43.4 Å². The average Bonchev–Trinajstić information content (AvgIpc) is 3.17. The highest BCUT2D eigenvalue weighted by Gasteiger charge is 2.33. The molecule has 1 fully saturated rings. The lowest BCUT2D eigenvalue weighted by atomic mass is 10.1. The van der Waals surface area contributed by atoms with E-state index in [0.717, 1.165) is 22.9 Å². The van der Waals surface area contributed by atoms with Crippen molar-refractivity contribution >= 4 is 33.6 Å². The van der Waals surface area contributed by atoms with Gasteiger partial charge in [0.15, 0.2) is 0 Å². The van der Waals surface area contributed by atoms with E-state index >= 15 is 0 Å². The molecule has 2 rings (SSSR count). The number of amides is 2. The number of urea groups is 1. The molecule has 0 spiro atoms. The van der Waals surface area contributed by atoms with E-state index < -0.39 is 5.97 Å². The molecule has 0 bridgehead atoms. The van der Waals surface area contributed by atoms with Crippen LogP contribution in [0, 0.1) is 12.8 Å². The van der Waals surface area contributed by atoms with Crippen LogP contribution in [-0.2, 0) is 4.79 Å². The van der Waals surface area contributed by atoms with E-state index in [1.165, 1.54) is 0 Å². The molecule has 20 heavy (non-hydrogen) atoms. The summed E-state index contributed by atoms with van der Waals surface area (Å²) in [6.45, 7) is 1.90. The van der Waals surface area contributed by atoms with Crippen LogP contribution in [0.4, 0.5) is 10.5 Å². The van der Waals surface area contributed by atoms with Crippen LogP contribution in [0.5, 0.6) is 0 Å². The molecule has 0 heterocycles. The van der Waals surface area contributed by atoms with Gasteiger partial charge in [-0.15, -0.1) is 0 Å². The standard InChI is InChI=1S/C14H17BrN2O3/c1-8-10(15)3-2-4-11(8)16-14(20)17-12(7-13(18)19)9-5-6-9/h2-4,9,12H,5-7H2,1H3,(H,18,19)(H2,16,17,20). The van der Waals surface area contributed by atoms with E-state index in [1.54, 1.807) is 0 Å². The summed E-state index contributed by atoms with van der Waals surface area (Å²) in [5, 5.41) is 14.4. The number of carbonyl (C=O) groups is 2. The number of aliphatic carboxylic acids is 1. The first-order valence-corrected chi connectivity index (χ1v) is 7.31. The van der Waals surface area contributed by atoms with Crippen molar-refractivity contribution in [3.05, 3.63) is 28.2 Å². The van der Waals surface area contributed by atoms with Gasteiger partial charge in [-0.25, -0.2) is 4.79 Å². The average molecular weight is 341 g/mol. The van der Waals surface area contributed by atoms with Crippen molar-refractivity contribution in [2.24, 2.45) is 5.92 Å². The molecule has 0 radical (unpaired) electrons. The molecule has 1 aliphatic carbocycles.